The van der Waals surface area contributed by atoms with E-state index in [0.29, 0.717) is 29.6 Å². The van der Waals surface area contributed by atoms with E-state index in [1.54, 1.807) is 0 Å². The Labute approximate surface area is 169 Å². The van der Waals surface area contributed by atoms with E-state index < -0.39 is 24.4 Å². The Morgan fingerprint density at radius 2 is 2.10 bits per heavy atom. The molecular formula is C18H21F3N4O3S. The average Bonchev–Trinajstić information content (AvgIpc) is 3.24. The summed E-state index contributed by atoms with van der Waals surface area (Å²) in [6.45, 7) is 4.13. The van der Waals surface area contributed by atoms with Crippen LogP contribution in [0, 0.1) is 5.92 Å². The van der Waals surface area contributed by atoms with Gasteiger partial charge in [0.05, 0.1) is 16.3 Å². The molecule has 0 spiro atoms. The molecule has 1 saturated heterocycles. The number of hydrogen-bond donors (Lipinski definition) is 2. The lowest BCUT2D eigenvalue weighted by Gasteiger charge is -2.27. The molecule has 3 rings (SSSR count). The normalized spacial score (nSPS) is 18.3. The Kier molecular flexibility index (Phi) is 5.99. The molecule has 1 aliphatic heterocycles. The van der Waals surface area contributed by atoms with Crippen LogP contribution in [0.5, 0.6) is 5.75 Å². The van der Waals surface area contributed by atoms with Crippen molar-refractivity contribution in [3.05, 3.63) is 18.2 Å². The van der Waals surface area contributed by atoms with Gasteiger partial charge in [0.1, 0.15) is 11.8 Å². The maximum absolute atomic E-state index is 12.7. The molecule has 11 heteroatoms. The van der Waals surface area contributed by atoms with Crippen LogP contribution in [0.3, 0.4) is 0 Å². The highest BCUT2D eigenvalue weighted by atomic mass is 32.1. The minimum atomic E-state index is -4.79. The van der Waals surface area contributed by atoms with Crippen LogP contribution in [0.4, 0.5) is 18.3 Å². The minimum Gasteiger partial charge on any atom is -0.406 e. The molecule has 1 aliphatic rings. The molecule has 0 unspecified atom stereocenters. The number of halogens is 3. The summed E-state index contributed by atoms with van der Waals surface area (Å²) in [6.07, 6.45) is -3.59. The second kappa shape index (κ2) is 8.15. The Morgan fingerprint density at radius 3 is 2.76 bits per heavy atom. The van der Waals surface area contributed by atoms with E-state index in [-0.39, 0.29) is 22.7 Å². The van der Waals surface area contributed by atoms with Crippen LogP contribution in [0.2, 0.25) is 0 Å². The number of hydrogen-bond acceptors (Lipinski definition) is 6. The Hall–Kier alpha value is -2.40. The fourth-order valence-electron chi connectivity index (χ4n) is 3.12. The Balaban J connectivity index is 1.72. The third kappa shape index (κ3) is 4.96. The summed E-state index contributed by atoms with van der Waals surface area (Å²) < 4.78 is 41.4. The zero-order chi connectivity index (χ0) is 21.3. The van der Waals surface area contributed by atoms with Crippen LogP contribution in [0.1, 0.15) is 26.7 Å². The lowest BCUT2D eigenvalue weighted by atomic mass is 10.0. The molecule has 0 bridgehead atoms. The molecule has 158 valence electrons. The molecule has 3 N–H and O–H groups in total. The number of thiazole rings is 1. The molecule has 0 saturated carbocycles. The zero-order valence-electron chi connectivity index (χ0n) is 15.8. The number of carbonyl (C=O) groups is 2. The Morgan fingerprint density at radius 1 is 1.38 bits per heavy atom. The summed E-state index contributed by atoms with van der Waals surface area (Å²) >= 11 is 1.03. The number of aromatic nitrogens is 1. The van der Waals surface area contributed by atoms with Gasteiger partial charge in [-0.15, -0.1) is 13.2 Å². The molecule has 7 nitrogen and oxygen atoms in total. The first-order valence-electron chi connectivity index (χ1n) is 9.08. The summed E-state index contributed by atoms with van der Waals surface area (Å²) in [5.74, 6) is -1.07. The van der Waals surface area contributed by atoms with E-state index in [1.165, 1.54) is 17.0 Å². The van der Waals surface area contributed by atoms with E-state index in [9.17, 15) is 22.8 Å². The molecule has 2 aromatic rings. The fourth-order valence-corrected chi connectivity index (χ4v) is 4.02. The number of anilines is 1. The van der Waals surface area contributed by atoms with Gasteiger partial charge in [0.25, 0.3) is 0 Å². The van der Waals surface area contributed by atoms with Gasteiger partial charge >= 0.3 is 6.36 Å². The van der Waals surface area contributed by atoms with Crippen LogP contribution in [0.15, 0.2) is 18.2 Å². The number of nitrogens with zero attached hydrogens (tertiary/aromatic N) is 2. The number of nitrogens with one attached hydrogen (secondary N) is 1. The zero-order valence-corrected chi connectivity index (χ0v) is 16.6. The molecule has 0 radical (unpaired) electrons. The van der Waals surface area contributed by atoms with Crippen molar-refractivity contribution >= 4 is 38.5 Å². The number of benzene rings is 1. The monoisotopic (exact) mass is 430 g/mol. The summed E-state index contributed by atoms with van der Waals surface area (Å²) in [5.41, 5.74) is 6.37. The second-order valence-corrected chi connectivity index (χ2v) is 8.18. The number of fused-ring (bicyclic) bond motifs is 1. The molecule has 2 heterocycles. The van der Waals surface area contributed by atoms with Crippen LogP contribution < -0.4 is 15.8 Å². The highest BCUT2D eigenvalue weighted by Gasteiger charge is 2.37. The lowest BCUT2D eigenvalue weighted by Crippen LogP contribution is -2.51. The largest absolute Gasteiger partial charge is 0.573 e. The van der Waals surface area contributed by atoms with E-state index >= 15 is 0 Å². The number of carbonyl (C=O) groups excluding carboxylic acids is 2. The standard InChI is InChI=1S/C18H21F3N4O3S/c1-9(2)14(22)16(27)25-7-3-4-12(25)15(26)24-17-23-11-6-5-10(8-13(11)29-17)28-18(19,20)21/h5-6,8-9,12,14H,3-4,7,22H2,1-2H3,(H,23,24,26)/t12-,14+/m0/s1. The molecule has 2 atom stereocenters. The van der Waals surface area contributed by atoms with Crippen molar-refractivity contribution in [1.29, 1.82) is 0 Å². The van der Waals surface area contributed by atoms with Gasteiger partial charge in [-0.2, -0.15) is 0 Å². The first-order chi connectivity index (χ1) is 13.5. The van der Waals surface area contributed by atoms with Gasteiger partial charge in [0, 0.05) is 12.6 Å². The molecule has 2 amide bonds. The van der Waals surface area contributed by atoms with Crippen LogP contribution in [-0.4, -0.2) is 46.7 Å². The number of likely N-dealkylation sites (tertiary alicyclic amines) is 1. The molecule has 1 aromatic carbocycles. The Bertz CT molecular complexity index is 915. The average molecular weight is 430 g/mol. The predicted octanol–water partition coefficient (Wildman–Crippen LogP) is 3.11. The number of amides is 2. The van der Waals surface area contributed by atoms with Crippen molar-refractivity contribution in [3.8, 4) is 5.75 Å². The van der Waals surface area contributed by atoms with Crippen molar-refractivity contribution in [1.82, 2.24) is 9.88 Å². The molecule has 0 aliphatic carbocycles. The van der Waals surface area contributed by atoms with Gasteiger partial charge in [-0.3, -0.25) is 9.59 Å². The number of alkyl halides is 3. The van der Waals surface area contributed by atoms with Crippen LogP contribution >= 0.6 is 11.3 Å². The predicted molar refractivity (Wildman–Crippen MR) is 102 cm³/mol. The molecule has 1 fully saturated rings. The maximum atomic E-state index is 12.7. The van der Waals surface area contributed by atoms with Gasteiger partial charge < -0.3 is 20.7 Å². The smallest absolute Gasteiger partial charge is 0.406 e. The number of nitrogens with two attached hydrogens (primary N) is 1. The van der Waals surface area contributed by atoms with Gasteiger partial charge in [0.2, 0.25) is 11.8 Å². The minimum absolute atomic E-state index is 0.0517. The molecular weight excluding hydrogens is 409 g/mol. The fraction of sp³-hybridized carbons (Fsp3) is 0.500. The third-order valence-corrected chi connectivity index (χ3v) is 5.60. The molecule has 29 heavy (non-hydrogen) atoms. The summed E-state index contributed by atoms with van der Waals surface area (Å²) in [7, 11) is 0. The van der Waals surface area contributed by atoms with E-state index in [2.05, 4.69) is 15.0 Å². The van der Waals surface area contributed by atoms with Gasteiger partial charge in [-0.1, -0.05) is 25.2 Å². The quantitative estimate of drug-likeness (QED) is 0.760. The summed E-state index contributed by atoms with van der Waals surface area (Å²) in [5, 5.41) is 2.90. The van der Waals surface area contributed by atoms with E-state index in [0.717, 1.165) is 17.4 Å². The van der Waals surface area contributed by atoms with Crippen LogP contribution in [-0.2, 0) is 9.59 Å². The highest BCUT2D eigenvalue weighted by Crippen LogP contribution is 2.32. The number of ether oxygens (including phenoxy) is 1. The van der Waals surface area contributed by atoms with Crippen LogP contribution in [0.25, 0.3) is 10.2 Å². The van der Waals surface area contributed by atoms with Crippen molar-refractivity contribution < 1.29 is 27.5 Å². The van der Waals surface area contributed by atoms with E-state index in [4.69, 9.17) is 5.73 Å². The van der Waals surface area contributed by atoms with E-state index in [1.807, 2.05) is 13.8 Å². The maximum Gasteiger partial charge on any atom is 0.573 e. The van der Waals surface area contributed by atoms with Crippen molar-refractivity contribution in [2.24, 2.45) is 11.7 Å². The lowest BCUT2D eigenvalue weighted by molar-refractivity contribution is -0.274. The van der Waals surface area contributed by atoms with Gasteiger partial charge in [-0.25, -0.2) is 4.98 Å². The van der Waals surface area contributed by atoms with Gasteiger partial charge in [0.15, 0.2) is 5.13 Å². The topological polar surface area (TPSA) is 97.6 Å². The summed E-state index contributed by atoms with van der Waals surface area (Å²) in [6, 6.07) is 2.42. The highest BCUT2D eigenvalue weighted by molar-refractivity contribution is 7.22. The second-order valence-electron chi connectivity index (χ2n) is 7.15. The third-order valence-electron chi connectivity index (χ3n) is 4.67. The SMILES string of the molecule is CC(C)[C@@H](N)C(=O)N1CCC[C@H]1C(=O)Nc1nc2ccc(OC(F)(F)F)cc2s1. The number of rotatable bonds is 5. The summed E-state index contributed by atoms with van der Waals surface area (Å²) in [4.78, 5) is 31.0. The van der Waals surface area contributed by atoms with Gasteiger partial charge in [-0.05, 0) is 30.9 Å². The van der Waals surface area contributed by atoms with Crippen molar-refractivity contribution in [3.63, 3.8) is 0 Å². The van der Waals surface area contributed by atoms with Crippen molar-refractivity contribution in [2.75, 3.05) is 11.9 Å². The first-order valence-corrected chi connectivity index (χ1v) is 9.90. The van der Waals surface area contributed by atoms with Crippen molar-refractivity contribution in [2.45, 2.75) is 45.1 Å². The first kappa shape index (κ1) is 21.3. The molecule has 1 aromatic heterocycles.